The van der Waals surface area contributed by atoms with Gasteiger partial charge in [-0.15, -0.1) is 0 Å². The third-order valence-corrected chi connectivity index (χ3v) is 9.57. The lowest BCUT2D eigenvalue weighted by Gasteiger charge is -2.26. The van der Waals surface area contributed by atoms with Gasteiger partial charge >= 0.3 is 0 Å². The van der Waals surface area contributed by atoms with Gasteiger partial charge in [-0.3, -0.25) is 13.9 Å². The fraction of sp³-hybridized carbons (Fsp3) is 0.286. The van der Waals surface area contributed by atoms with E-state index in [0.29, 0.717) is 13.2 Å². The van der Waals surface area contributed by atoms with Crippen LogP contribution in [0.4, 0.5) is 11.4 Å². The lowest BCUT2D eigenvalue weighted by atomic mass is 10.1. The van der Waals surface area contributed by atoms with Crippen molar-refractivity contribution in [2.45, 2.75) is 17.9 Å². The van der Waals surface area contributed by atoms with Crippen LogP contribution in [0, 0.1) is 0 Å². The summed E-state index contributed by atoms with van der Waals surface area (Å²) in [6.07, 6.45) is 0.949. The van der Waals surface area contributed by atoms with Crippen molar-refractivity contribution < 1.29 is 31.2 Å². The summed E-state index contributed by atoms with van der Waals surface area (Å²) in [7, 11) is -7.71. The molecule has 11 nitrogen and oxygen atoms in total. The average molecular weight is 601 g/mol. The third-order valence-electron chi connectivity index (χ3n) is 6.51. The minimum Gasteiger partial charge on any atom is -0.379 e. The van der Waals surface area contributed by atoms with Crippen molar-refractivity contribution >= 4 is 43.2 Å². The number of hydrogen-bond acceptors (Lipinski definition) is 7. The lowest BCUT2D eigenvalue weighted by Crippen LogP contribution is -2.40. The van der Waals surface area contributed by atoms with Crippen LogP contribution in [-0.4, -0.2) is 72.1 Å². The van der Waals surface area contributed by atoms with Gasteiger partial charge in [0.1, 0.15) is 6.54 Å². The molecule has 1 aliphatic rings. The Labute approximate surface area is 240 Å². The van der Waals surface area contributed by atoms with Gasteiger partial charge in [-0.25, -0.2) is 16.8 Å². The second kappa shape index (κ2) is 12.8. The molecule has 2 amide bonds. The molecule has 2 N–H and O–H groups in total. The summed E-state index contributed by atoms with van der Waals surface area (Å²) >= 11 is 0. The second-order valence-corrected chi connectivity index (χ2v) is 13.3. The predicted molar refractivity (Wildman–Crippen MR) is 156 cm³/mol. The number of hydrogen-bond donors (Lipinski definition) is 2. The summed E-state index contributed by atoms with van der Waals surface area (Å²) < 4.78 is 58.5. The number of sulfonamides is 2. The maximum Gasteiger partial charge on any atom is 0.253 e. The summed E-state index contributed by atoms with van der Waals surface area (Å²) in [4.78, 5) is 26.1. The molecule has 1 fully saturated rings. The quantitative estimate of drug-likeness (QED) is 0.364. The SMILES string of the molecule is CC(NC(=O)c1ccccc1NC(=O)CN(c1ccc(S(=O)(=O)N2CCOCC2)cc1)S(C)(=O)=O)c1ccccc1. The van der Waals surface area contributed by atoms with E-state index < -0.39 is 38.4 Å². The molecule has 0 saturated carbocycles. The Bertz CT molecular complexity index is 1590. The van der Waals surface area contributed by atoms with Gasteiger partial charge in [0.2, 0.25) is 26.0 Å². The van der Waals surface area contributed by atoms with Gasteiger partial charge in [0.05, 0.1) is 47.3 Å². The van der Waals surface area contributed by atoms with Crippen LogP contribution < -0.4 is 14.9 Å². The Hall–Kier alpha value is -3.78. The van der Waals surface area contributed by atoms with Crippen LogP contribution in [0.2, 0.25) is 0 Å². The molecular formula is C28H32N4O7S2. The molecule has 1 heterocycles. The third kappa shape index (κ3) is 7.50. The highest BCUT2D eigenvalue weighted by molar-refractivity contribution is 7.92. The molecule has 3 aromatic carbocycles. The van der Waals surface area contributed by atoms with Gasteiger partial charge in [-0.1, -0.05) is 42.5 Å². The van der Waals surface area contributed by atoms with E-state index in [1.165, 1.54) is 28.6 Å². The summed E-state index contributed by atoms with van der Waals surface area (Å²) in [5.74, 6) is -1.09. The van der Waals surface area contributed by atoms with Crippen molar-refractivity contribution in [2.75, 3.05) is 48.7 Å². The zero-order valence-corrected chi connectivity index (χ0v) is 24.3. The Balaban J connectivity index is 1.48. The summed E-state index contributed by atoms with van der Waals surface area (Å²) in [5.41, 5.74) is 1.46. The second-order valence-electron chi connectivity index (χ2n) is 9.48. The van der Waals surface area contributed by atoms with Gasteiger partial charge in [-0.05, 0) is 48.9 Å². The van der Waals surface area contributed by atoms with E-state index in [9.17, 15) is 26.4 Å². The van der Waals surface area contributed by atoms with Crippen molar-refractivity contribution in [3.63, 3.8) is 0 Å². The number of benzene rings is 3. The van der Waals surface area contributed by atoms with Gasteiger partial charge in [0.25, 0.3) is 5.91 Å². The summed E-state index contributed by atoms with van der Waals surface area (Å²) in [6.45, 7) is 2.30. The Morgan fingerprint density at radius 3 is 2.15 bits per heavy atom. The molecule has 0 bridgehead atoms. The highest BCUT2D eigenvalue weighted by Crippen LogP contribution is 2.24. The number of carbonyl (C=O) groups excluding carboxylic acids is 2. The summed E-state index contributed by atoms with van der Waals surface area (Å²) in [5, 5.41) is 5.54. The molecule has 3 aromatic rings. The van der Waals surface area contributed by atoms with Crippen molar-refractivity contribution in [3.05, 3.63) is 90.0 Å². The molecule has 0 aromatic heterocycles. The van der Waals surface area contributed by atoms with E-state index in [1.54, 1.807) is 24.3 Å². The molecule has 41 heavy (non-hydrogen) atoms. The van der Waals surface area contributed by atoms with Crippen molar-refractivity contribution in [1.29, 1.82) is 0 Å². The Kier molecular flexibility index (Phi) is 9.43. The van der Waals surface area contributed by atoms with Gasteiger partial charge in [0.15, 0.2) is 0 Å². The van der Waals surface area contributed by atoms with E-state index in [4.69, 9.17) is 4.74 Å². The number of morpholine rings is 1. The summed E-state index contributed by atoms with van der Waals surface area (Å²) in [6, 6.07) is 20.8. The van der Waals surface area contributed by atoms with E-state index in [1.807, 2.05) is 37.3 Å². The number of nitrogens with one attached hydrogen (secondary N) is 2. The molecule has 0 spiro atoms. The number of anilines is 2. The maximum atomic E-state index is 13.0. The van der Waals surface area contributed by atoms with Gasteiger partial charge in [-0.2, -0.15) is 4.31 Å². The number of ether oxygens (including phenoxy) is 1. The molecule has 1 atom stereocenters. The highest BCUT2D eigenvalue weighted by Gasteiger charge is 2.27. The molecular weight excluding hydrogens is 568 g/mol. The first-order valence-corrected chi connectivity index (χ1v) is 16.2. The van der Waals surface area contributed by atoms with Crippen molar-refractivity contribution in [2.24, 2.45) is 0 Å². The molecule has 0 aliphatic carbocycles. The minimum absolute atomic E-state index is 0.00530. The van der Waals surface area contributed by atoms with Crippen LogP contribution in [0.15, 0.2) is 83.8 Å². The van der Waals surface area contributed by atoms with E-state index >= 15 is 0 Å². The average Bonchev–Trinajstić information content (AvgIpc) is 2.96. The number of carbonyl (C=O) groups is 2. The number of amides is 2. The topological polar surface area (TPSA) is 142 Å². The minimum atomic E-state index is -3.93. The largest absolute Gasteiger partial charge is 0.379 e. The molecule has 1 unspecified atom stereocenters. The fourth-order valence-electron chi connectivity index (χ4n) is 4.33. The first-order chi connectivity index (χ1) is 19.5. The van der Waals surface area contributed by atoms with Crippen LogP contribution in [0.5, 0.6) is 0 Å². The zero-order chi connectivity index (χ0) is 29.6. The fourth-order valence-corrected chi connectivity index (χ4v) is 6.59. The smallest absolute Gasteiger partial charge is 0.253 e. The highest BCUT2D eigenvalue weighted by atomic mass is 32.2. The predicted octanol–water partition coefficient (Wildman–Crippen LogP) is 2.60. The molecule has 0 radical (unpaired) electrons. The van der Waals surface area contributed by atoms with E-state index in [-0.39, 0.29) is 41.0 Å². The van der Waals surface area contributed by atoms with E-state index in [2.05, 4.69) is 10.6 Å². The van der Waals surface area contributed by atoms with Crippen LogP contribution >= 0.6 is 0 Å². The first kappa shape index (κ1) is 30.2. The molecule has 1 aliphatic heterocycles. The molecule has 1 saturated heterocycles. The monoisotopic (exact) mass is 600 g/mol. The lowest BCUT2D eigenvalue weighted by molar-refractivity contribution is -0.114. The van der Waals surface area contributed by atoms with Crippen LogP contribution in [0.1, 0.15) is 28.9 Å². The number of nitrogens with zero attached hydrogens (tertiary/aromatic N) is 2. The zero-order valence-electron chi connectivity index (χ0n) is 22.7. The van der Waals surface area contributed by atoms with Gasteiger partial charge in [0, 0.05) is 13.1 Å². The number of rotatable bonds is 10. The molecule has 13 heteroatoms. The van der Waals surface area contributed by atoms with Crippen LogP contribution in [0.3, 0.4) is 0 Å². The van der Waals surface area contributed by atoms with Crippen molar-refractivity contribution in [1.82, 2.24) is 9.62 Å². The normalized spacial score (nSPS) is 15.1. The molecule has 218 valence electrons. The standard InChI is InChI=1S/C28H32N4O7S2/c1-21(22-8-4-3-5-9-22)29-28(34)25-10-6-7-11-26(25)30-27(33)20-32(40(2,35)36)23-12-14-24(15-13-23)41(37,38)31-16-18-39-19-17-31/h3-15,21H,16-20H2,1-2H3,(H,29,34)(H,30,33). The van der Waals surface area contributed by atoms with E-state index in [0.717, 1.165) is 16.1 Å². The number of para-hydroxylation sites is 1. The first-order valence-electron chi connectivity index (χ1n) is 12.9. The Morgan fingerprint density at radius 1 is 0.902 bits per heavy atom. The van der Waals surface area contributed by atoms with Gasteiger partial charge < -0.3 is 15.4 Å². The van der Waals surface area contributed by atoms with Crippen LogP contribution in [0.25, 0.3) is 0 Å². The van der Waals surface area contributed by atoms with Crippen LogP contribution in [-0.2, 0) is 29.6 Å². The molecule has 4 rings (SSSR count). The maximum absolute atomic E-state index is 13.0. The van der Waals surface area contributed by atoms with Crippen molar-refractivity contribution in [3.8, 4) is 0 Å². The Morgan fingerprint density at radius 2 is 1.51 bits per heavy atom.